The van der Waals surface area contributed by atoms with Crippen LogP contribution in [0.1, 0.15) is 38.2 Å². The molecule has 0 radical (unpaired) electrons. The van der Waals surface area contributed by atoms with Gasteiger partial charge in [-0.05, 0) is 30.5 Å². The molecule has 1 aliphatic rings. The van der Waals surface area contributed by atoms with Crippen molar-refractivity contribution in [3.05, 3.63) is 47.0 Å². The van der Waals surface area contributed by atoms with Crippen molar-refractivity contribution in [3.63, 3.8) is 0 Å². The number of nitrogens with zero attached hydrogens (tertiary/aromatic N) is 2. The molecule has 1 saturated heterocycles. The highest BCUT2D eigenvalue weighted by Crippen LogP contribution is 2.21. The summed E-state index contributed by atoms with van der Waals surface area (Å²) in [6.45, 7) is 3.56. The molecule has 0 N–H and O–H groups in total. The Hall–Kier alpha value is -2.00. The Balaban J connectivity index is 1.54. The Bertz CT molecular complexity index is 809. The molecule has 6 heteroatoms. The molecule has 142 valence electrons. The second-order valence-corrected chi connectivity index (χ2v) is 6.96. The summed E-state index contributed by atoms with van der Waals surface area (Å²) in [6, 6.07) is 4.47. The number of unbranched alkanes of at least 4 members (excludes halogenated alkanes) is 2. The minimum absolute atomic E-state index is 0.0707. The number of benzene rings is 1. The molecule has 0 aliphatic carbocycles. The highest BCUT2D eigenvalue weighted by molar-refractivity contribution is 6.30. The molecule has 1 fully saturated rings. The Kier molecular flexibility index (Phi) is 7.17. The maximum Gasteiger partial charge on any atom is 0.222 e. The van der Waals surface area contributed by atoms with Gasteiger partial charge in [-0.3, -0.25) is 0 Å². The monoisotopic (exact) mass is 388 g/mol. The van der Waals surface area contributed by atoms with Gasteiger partial charge in [0, 0.05) is 23.9 Å². The van der Waals surface area contributed by atoms with Crippen LogP contribution in [0.15, 0.2) is 30.6 Å². The molecule has 2 heterocycles. The van der Waals surface area contributed by atoms with Gasteiger partial charge in [-0.15, -0.1) is 0 Å². The van der Waals surface area contributed by atoms with Crippen molar-refractivity contribution in [1.82, 2.24) is 9.97 Å². The molecule has 0 saturated carbocycles. The average Bonchev–Trinajstić information content (AvgIpc) is 2.70. The molecule has 2 aromatic rings. The second kappa shape index (κ2) is 9.80. The van der Waals surface area contributed by atoms with E-state index in [2.05, 4.69) is 28.7 Å². The van der Waals surface area contributed by atoms with Crippen LogP contribution in [-0.2, 0) is 9.47 Å². The highest BCUT2D eigenvalue weighted by atomic mass is 35.5. The van der Waals surface area contributed by atoms with Gasteiger partial charge >= 0.3 is 0 Å². The summed E-state index contributed by atoms with van der Waals surface area (Å²) < 4.78 is 24.9. The Morgan fingerprint density at radius 3 is 2.59 bits per heavy atom. The lowest BCUT2D eigenvalue weighted by Gasteiger charge is -2.26. The first-order valence-corrected chi connectivity index (χ1v) is 9.55. The SMILES string of the molecule is CCCCC[C@H]1CO[C@H](C#Cc2cnc(-c3ccc(Cl)c(F)c3)nc2)OC1. The highest BCUT2D eigenvalue weighted by Gasteiger charge is 2.20. The zero-order chi connectivity index (χ0) is 19.1. The first kappa shape index (κ1) is 19.8. The number of hydrogen-bond donors (Lipinski definition) is 0. The molecule has 3 rings (SSSR count). The van der Waals surface area contributed by atoms with E-state index in [1.807, 2.05) is 0 Å². The molecule has 1 aromatic heterocycles. The standard InChI is InChI=1S/C21H22ClFN2O2/c1-2-3-4-5-16-13-26-20(27-14-16)9-6-15-11-24-21(25-12-15)17-7-8-18(22)19(23)10-17/h7-8,10-12,16,20H,2-5,13-14H2,1H3/t16-,20-. The summed E-state index contributed by atoms with van der Waals surface area (Å²) in [5.41, 5.74) is 1.20. The Morgan fingerprint density at radius 1 is 1.19 bits per heavy atom. The van der Waals surface area contributed by atoms with Crippen LogP contribution in [0.5, 0.6) is 0 Å². The van der Waals surface area contributed by atoms with Crippen molar-refractivity contribution in [1.29, 1.82) is 0 Å². The lowest BCUT2D eigenvalue weighted by molar-refractivity contribution is -0.170. The molecule has 0 amide bonds. The van der Waals surface area contributed by atoms with Crippen LogP contribution in [-0.4, -0.2) is 29.5 Å². The summed E-state index contributed by atoms with van der Waals surface area (Å²) in [5, 5.41) is 0.0707. The number of aromatic nitrogens is 2. The summed E-state index contributed by atoms with van der Waals surface area (Å²) >= 11 is 5.69. The number of hydrogen-bond acceptors (Lipinski definition) is 4. The van der Waals surface area contributed by atoms with Crippen molar-refractivity contribution >= 4 is 11.6 Å². The summed E-state index contributed by atoms with van der Waals surface area (Å²) in [5.74, 6) is 6.28. The van der Waals surface area contributed by atoms with Gasteiger partial charge in [-0.25, -0.2) is 14.4 Å². The lowest BCUT2D eigenvalue weighted by Crippen LogP contribution is -2.31. The van der Waals surface area contributed by atoms with Crippen LogP contribution < -0.4 is 0 Å². The lowest BCUT2D eigenvalue weighted by atomic mass is 10.0. The van der Waals surface area contributed by atoms with Gasteiger partial charge in [-0.2, -0.15) is 0 Å². The van der Waals surface area contributed by atoms with Crippen LogP contribution in [0.3, 0.4) is 0 Å². The van der Waals surface area contributed by atoms with E-state index in [9.17, 15) is 4.39 Å². The van der Waals surface area contributed by atoms with Crippen LogP contribution in [0, 0.1) is 23.6 Å². The molecule has 0 spiro atoms. The molecular weight excluding hydrogens is 367 g/mol. The molecule has 4 nitrogen and oxygen atoms in total. The molecule has 0 atom stereocenters. The van der Waals surface area contributed by atoms with Gasteiger partial charge in [0.1, 0.15) is 5.82 Å². The molecule has 1 aliphatic heterocycles. The van der Waals surface area contributed by atoms with E-state index in [4.69, 9.17) is 21.1 Å². The van der Waals surface area contributed by atoms with E-state index >= 15 is 0 Å². The van der Waals surface area contributed by atoms with Crippen molar-refractivity contribution in [3.8, 4) is 23.2 Å². The molecule has 0 unspecified atom stereocenters. The van der Waals surface area contributed by atoms with Crippen molar-refractivity contribution in [2.45, 2.75) is 38.9 Å². The van der Waals surface area contributed by atoms with Crippen molar-refractivity contribution < 1.29 is 13.9 Å². The minimum Gasteiger partial charge on any atom is -0.342 e. The molecule has 0 bridgehead atoms. The third-order valence-electron chi connectivity index (χ3n) is 4.35. The minimum atomic E-state index is -0.516. The summed E-state index contributed by atoms with van der Waals surface area (Å²) in [7, 11) is 0. The van der Waals surface area contributed by atoms with Crippen LogP contribution >= 0.6 is 11.6 Å². The first-order chi connectivity index (χ1) is 13.2. The normalized spacial score (nSPS) is 19.4. The van der Waals surface area contributed by atoms with Crippen molar-refractivity contribution in [2.75, 3.05) is 13.2 Å². The quantitative estimate of drug-likeness (QED) is 0.542. The molecule has 27 heavy (non-hydrogen) atoms. The van der Waals surface area contributed by atoms with E-state index in [0.29, 0.717) is 36.1 Å². The second-order valence-electron chi connectivity index (χ2n) is 6.55. The largest absolute Gasteiger partial charge is 0.342 e. The Morgan fingerprint density at radius 2 is 1.93 bits per heavy atom. The predicted molar refractivity (Wildman–Crippen MR) is 103 cm³/mol. The van der Waals surface area contributed by atoms with Crippen LogP contribution in [0.25, 0.3) is 11.4 Å². The van der Waals surface area contributed by atoms with Gasteiger partial charge in [-0.1, -0.05) is 43.7 Å². The summed E-state index contributed by atoms with van der Waals surface area (Å²) in [4.78, 5) is 8.46. The van der Waals surface area contributed by atoms with E-state index < -0.39 is 12.1 Å². The number of halogens is 2. The first-order valence-electron chi connectivity index (χ1n) is 9.18. The van der Waals surface area contributed by atoms with Gasteiger partial charge < -0.3 is 9.47 Å². The summed E-state index contributed by atoms with van der Waals surface area (Å²) in [6.07, 6.45) is 7.49. The average molecular weight is 389 g/mol. The van der Waals surface area contributed by atoms with Crippen LogP contribution in [0.4, 0.5) is 4.39 Å². The fraction of sp³-hybridized carbons (Fsp3) is 0.429. The fourth-order valence-corrected chi connectivity index (χ4v) is 2.91. The van der Waals surface area contributed by atoms with Gasteiger partial charge in [0.2, 0.25) is 6.29 Å². The predicted octanol–water partition coefficient (Wildman–Crippen LogP) is 4.86. The third-order valence-corrected chi connectivity index (χ3v) is 4.65. The third kappa shape index (κ3) is 5.74. The van der Waals surface area contributed by atoms with Gasteiger partial charge in [0.05, 0.1) is 23.8 Å². The van der Waals surface area contributed by atoms with Crippen LogP contribution in [0.2, 0.25) is 5.02 Å². The van der Waals surface area contributed by atoms with Gasteiger partial charge in [0.15, 0.2) is 5.82 Å². The van der Waals surface area contributed by atoms with E-state index in [1.165, 1.54) is 31.4 Å². The molecule has 1 aromatic carbocycles. The zero-order valence-corrected chi connectivity index (χ0v) is 16.0. The van der Waals surface area contributed by atoms with E-state index in [0.717, 1.165) is 6.42 Å². The van der Waals surface area contributed by atoms with Crippen molar-refractivity contribution in [2.24, 2.45) is 5.92 Å². The van der Waals surface area contributed by atoms with E-state index in [1.54, 1.807) is 18.5 Å². The smallest absolute Gasteiger partial charge is 0.222 e. The Labute approximate surface area is 164 Å². The maximum absolute atomic E-state index is 13.5. The van der Waals surface area contributed by atoms with E-state index in [-0.39, 0.29) is 5.02 Å². The topological polar surface area (TPSA) is 44.2 Å². The number of rotatable bonds is 5. The molecular formula is C21H22ClFN2O2. The van der Waals surface area contributed by atoms with Gasteiger partial charge in [0.25, 0.3) is 0 Å². The zero-order valence-electron chi connectivity index (χ0n) is 15.3. The maximum atomic E-state index is 13.5. The number of ether oxygens (including phenoxy) is 2. The fourth-order valence-electron chi connectivity index (χ4n) is 2.80.